The minimum Gasteiger partial charge on any atom is -0.494 e. The van der Waals surface area contributed by atoms with E-state index in [1.807, 2.05) is 36.4 Å². The van der Waals surface area contributed by atoms with Gasteiger partial charge in [0.2, 0.25) is 11.9 Å². The van der Waals surface area contributed by atoms with E-state index in [1.54, 1.807) is 12.1 Å². The molecule has 2 aliphatic rings. The van der Waals surface area contributed by atoms with E-state index >= 15 is 0 Å². The molecule has 10 nitrogen and oxygen atoms in total. The van der Waals surface area contributed by atoms with E-state index in [9.17, 15) is 18.0 Å². The van der Waals surface area contributed by atoms with Gasteiger partial charge in [-0.2, -0.15) is 28.1 Å². The van der Waals surface area contributed by atoms with Crippen LogP contribution >= 0.6 is 0 Å². The highest BCUT2D eigenvalue weighted by atomic mass is 19.4. The standard InChI is InChI=1S/C27H28F3N5O5/c1-37-23(36)21-12-9-19-15-22(21)39-14-6-4-2-3-5-13-38-20-10-7-18(8-11-20)16-31-24-33-25(32-19)35-26(34-24)40-17-27(28,29)30/h2,4,7-12,15H,3,5-6,13-14,16-17H2,1H3,(H2,31,32,33,34,35). The summed E-state index contributed by atoms with van der Waals surface area (Å²) in [6.07, 6.45) is 1.73. The van der Waals surface area contributed by atoms with Crippen LogP contribution in [0.4, 0.5) is 30.8 Å². The zero-order valence-electron chi connectivity index (χ0n) is 21.7. The summed E-state index contributed by atoms with van der Waals surface area (Å²) in [6, 6.07) is 11.5. The van der Waals surface area contributed by atoms with E-state index in [-0.39, 0.29) is 29.8 Å². The number of ether oxygens (including phenoxy) is 4. The zero-order valence-corrected chi connectivity index (χ0v) is 21.7. The fourth-order valence-electron chi connectivity index (χ4n) is 3.58. The lowest BCUT2D eigenvalue weighted by Gasteiger charge is -2.14. The molecule has 0 saturated carbocycles. The van der Waals surface area contributed by atoms with Gasteiger partial charge in [-0.05, 0) is 49.1 Å². The predicted octanol–water partition coefficient (Wildman–Crippen LogP) is 5.45. The molecule has 1 aromatic heterocycles. The summed E-state index contributed by atoms with van der Waals surface area (Å²) < 4.78 is 59.6. The van der Waals surface area contributed by atoms with Crippen molar-refractivity contribution in [3.63, 3.8) is 0 Å². The smallest absolute Gasteiger partial charge is 0.422 e. The third-order valence-electron chi connectivity index (χ3n) is 5.49. The number of rotatable bonds is 3. The third kappa shape index (κ3) is 8.75. The van der Waals surface area contributed by atoms with Crippen molar-refractivity contribution in [2.75, 3.05) is 37.6 Å². The second kappa shape index (κ2) is 13.5. The summed E-state index contributed by atoms with van der Waals surface area (Å²) in [6.45, 7) is -0.451. The number of aromatic nitrogens is 3. The summed E-state index contributed by atoms with van der Waals surface area (Å²) in [5.41, 5.74) is 1.49. The Hall–Kier alpha value is -4.55. The van der Waals surface area contributed by atoms with Gasteiger partial charge in [0, 0.05) is 18.3 Å². The van der Waals surface area contributed by atoms with Crippen molar-refractivity contribution in [2.24, 2.45) is 0 Å². The number of carbonyl (C=O) groups is 1. The summed E-state index contributed by atoms with van der Waals surface area (Å²) in [7, 11) is 1.26. The number of fused-ring (bicyclic) bond motifs is 10. The molecule has 0 spiro atoms. The van der Waals surface area contributed by atoms with Crippen LogP contribution in [-0.4, -0.2) is 54.0 Å². The van der Waals surface area contributed by atoms with Crippen molar-refractivity contribution in [1.29, 1.82) is 0 Å². The van der Waals surface area contributed by atoms with E-state index in [0.29, 0.717) is 25.3 Å². The van der Waals surface area contributed by atoms with Crippen molar-refractivity contribution in [3.05, 3.63) is 65.7 Å². The van der Waals surface area contributed by atoms with E-state index < -0.39 is 24.8 Å². The van der Waals surface area contributed by atoms with Gasteiger partial charge in [0.05, 0.1) is 20.3 Å². The van der Waals surface area contributed by atoms with Crippen LogP contribution in [0.3, 0.4) is 0 Å². The van der Waals surface area contributed by atoms with E-state index in [4.69, 9.17) is 18.9 Å². The molecule has 0 saturated heterocycles. The van der Waals surface area contributed by atoms with Crippen molar-refractivity contribution in [2.45, 2.75) is 32.0 Å². The molecular formula is C27H28F3N5O5. The molecular weight excluding hydrogens is 531 g/mol. The van der Waals surface area contributed by atoms with Gasteiger partial charge in [-0.25, -0.2) is 4.79 Å². The normalized spacial score (nSPS) is 14.3. The van der Waals surface area contributed by atoms with Crippen molar-refractivity contribution < 1.29 is 36.9 Å². The number of allylic oxidation sites excluding steroid dienone is 1. The van der Waals surface area contributed by atoms with Crippen LogP contribution in [0.15, 0.2) is 54.6 Å². The molecule has 5 rings (SSSR count). The molecule has 40 heavy (non-hydrogen) atoms. The largest absolute Gasteiger partial charge is 0.494 e. The molecule has 0 atom stereocenters. The number of alkyl halides is 3. The van der Waals surface area contributed by atoms with Gasteiger partial charge in [0.15, 0.2) is 6.61 Å². The van der Waals surface area contributed by atoms with Crippen LogP contribution in [0.5, 0.6) is 17.5 Å². The van der Waals surface area contributed by atoms with Crippen LogP contribution in [0, 0.1) is 0 Å². The second-order valence-electron chi connectivity index (χ2n) is 8.59. The van der Waals surface area contributed by atoms with Crippen molar-refractivity contribution >= 4 is 23.6 Å². The minimum atomic E-state index is -4.58. The Kier molecular flexibility index (Phi) is 9.60. The number of nitrogens with zero attached hydrogens (tertiary/aromatic N) is 3. The van der Waals surface area contributed by atoms with Crippen molar-refractivity contribution in [1.82, 2.24) is 15.0 Å². The number of methoxy groups -OCH3 is 1. The number of hydrogen-bond donors (Lipinski definition) is 2. The van der Waals surface area contributed by atoms with Gasteiger partial charge in [-0.3, -0.25) is 0 Å². The number of carbonyl (C=O) groups excluding carboxylic acids is 1. The topological polar surface area (TPSA) is 117 Å². The monoisotopic (exact) mass is 559 g/mol. The highest BCUT2D eigenvalue weighted by Gasteiger charge is 2.29. The van der Waals surface area contributed by atoms with E-state index in [2.05, 4.69) is 25.6 Å². The fraction of sp³-hybridized carbons (Fsp3) is 0.333. The molecule has 212 valence electrons. The molecule has 13 heteroatoms. The first-order valence-corrected chi connectivity index (χ1v) is 12.5. The Bertz CT molecular complexity index is 1320. The summed E-state index contributed by atoms with van der Waals surface area (Å²) in [4.78, 5) is 24.4. The molecule has 0 aliphatic carbocycles. The van der Waals surface area contributed by atoms with Gasteiger partial charge < -0.3 is 29.6 Å². The molecule has 0 radical (unpaired) electrons. The number of halogens is 3. The van der Waals surface area contributed by atoms with Gasteiger partial charge in [0.25, 0.3) is 0 Å². The Labute approximate surface area is 228 Å². The first-order chi connectivity index (χ1) is 19.3. The molecule has 0 amide bonds. The maximum Gasteiger partial charge on any atom is 0.422 e. The molecule has 2 aliphatic heterocycles. The van der Waals surface area contributed by atoms with Gasteiger partial charge in [0.1, 0.15) is 17.1 Å². The number of anilines is 3. The molecule has 2 N–H and O–H groups in total. The van der Waals surface area contributed by atoms with E-state index in [0.717, 1.165) is 24.2 Å². The van der Waals surface area contributed by atoms with Gasteiger partial charge in [-0.15, -0.1) is 0 Å². The molecule has 3 aromatic rings. The fourth-order valence-corrected chi connectivity index (χ4v) is 3.58. The average molecular weight is 560 g/mol. The highest BCUT2D eigenvalue weighted by Crippen LogP contribution is 2.27. The molecule has 0 fully saturated rings. The zero-order chi connectivity index (χ0) is 28.4. The summed E-state index contributed by atoms with van der Waals surface area (Å²) >= 11 is 0. The first-order valence-electron chi connectivity index (χ1n) is 12.5. The lowest BCUT2D eigenvalue weighted by molar-refractivity contribution is -0.154. The van der Waals surface area contributed by atoms with Crippen LogP contribution in [0.1, 0.15) is 35.2 Å². The number of hydrogen-bond acceptors (Lipinski definition) is 10. The maximum absolute atomic E-state index is 12.8. The molecule has 0 unspecified atom stereocenters. The van der Waals surface area contributed by atoms with Gasteiger partial charge >= 0.3 is 18.2 Å². The summed E-state index contributed by atoms with van der Waals surface area (Å²) in [5.74, 6) is 0.303. The first kappa shape index (κ1) is 28.5. The quantitative estimate of drug-likeness (QED) is 0.317. The second-order valence-corrected chi connectivity index (χ2v) is 8.59. The Morgan fingerprint density at radius 3 is 2.52 bits per heavy atom. The van der Waals surface area contributed by atoms with E-state index in [1.165, 1.54) is 13.2 Å². The Morgan fingerprint density at radius 2 is 1.75 bits per heavy atom. The average Bonchev–Trinajstić information content (AvgIpc) is 2.93. The molecule has 2 aromatic carbocycles. The Balaban J connectivity index is 1.64. The van der Waals surface area contributed by atoms with Crippen LogP contribution < -0.4 is 24.8 Å². The minimum absolute atomic E-state index is 0.00779. The SMILES string of the molecule is COC(=O)c1ccc2cc1OCCC=CCCCOc1ccc(cc1)CNc1nc(nc(OCC(F)(F)F)n1)N2. The maximum atomic E-state index is 12.8. The summed E-state index contributed by atoms with van der Waals surface area (Å²) in [5, 5.41) is 5.89. The third-order valence-corrected chi connectivity index (χ3v) is 5.49. The highest BCUT2D eigenvalue weighted by molar-refractivity contribution is 5.93. The predicted molar refractivity (Wildman–Crippen MR) is 140 cm³/mol. The lowest BCUT2D eigenvalue weighted by Crippen LogP contribution is -2.21. The van der Waals surface area contributed by atoms with Crippen molar-refractivity contribution in [3.8, 4) is 17.5 Å². The molecule has 3 heterocycles. The number of benzene rings is 2. The van der Waals surface area contributed by atoms with Crippen LogP contribution in [0.2, 0.25) is 0 Å². The van der Waals surface area contributed by atoms with Crippen LogP contribution in [-0.2, 0) is 11.3 Å². The molecule has 6 bridgehead atoms. The van der Waals surface area contributed by atoms with Gasteiger partial charge in [-0.1, -0.05) is 24.3 Å². The van der Waals surface area contributed by atoms with Crippen LogP contribution in [0.25, 0.3) is 0 Å². The Morgan fingerprint density at radius 1 is 0.975 bits per heavy atom. The number of esters is 1. The lowest BCUT2D eigenvalue weighted by atomic mass is 10.2. The number of nitrogens with one attached hydrogen (secondary N) is 2.